The zero-order valence-electron chi connectivity index (χ0n) is 7.16. The van der Waals surface area contributed by atoms with Gasteiger partial charge in [-0.25, -0.2) is 0 Å². The summed E-state index contributed by atoms with van der Waals surface area (Å²) >= 11 is 1.65. The molecule has 1 aliphatic heterocycles. The summed E-state index contributed by atoms with van der Waals surface area (Å²) in [5.74, 6) is 6.10. The van der Waals surface area contributed by atoms with E-state index in [0.29, 0.717) is 19.6 Å². The van der Waals surface area contributed by atoms with Crippen molar-refractivity contribution in [3.63, 3.8) is 0 Å². The highest BCUT2D eigenvalue weighted by Crippen LogP contribution is 2.08. The lowest BCUT2D eigenvalue weighted by atomic mass is 10.4. The fourth-order valence-electron chi connectivity index (χ4n) is 1.10. The molecule has 13 heavy (non-hydrogen) atoms. The van der Waals surface area contributed by atoms with Crippen molar-refractivity contribution in [2.75, 3.05) is 13.2 Å². The van der Waals surface area contributed by atoms with Gasteiger partial charge in [0.15, 0.2) is 6.29 Å². The third-order valence-electron chi connectivity index (χ3n) is 1.69. The summed E-state index contributed by atoms with van der Waals surface area (Å²) in [6.45, 7) is 1.40. The molecule has 1 aromatic heterocycles. The van der Waals surface area contributed by atoms with Crippen LogP contribution >= 0.6 is 11.3 Å². The number of thiophene rings is 1. The van der Waals surface area contributed by atoms with Crippen LogP contribution in [0.4, 0.5) is 0 Å². The molecular weight excluding hydrogens is 184 g/mol. The molecule has 0 N–H and O–H groups in total. The summed E-state index contributed by atoms with van der Waals surface area (Å²) in [6, 6.07) is 4.01. The van der Waals surface area contributed by atoms with E-state index in [2.05, 4.69) is 11.8 Å². The Bertz CT molecular complexity index is 301. The van der Waals surface area contributed by atoms with Crippen LogP contribution in [0, 0.1) is 11.8 Å². The molecule has 2 heterocycles. The van der Waals surface area contributed by atoms with Gasteiger partial charge >= 0.3 is 0 Å². The lowest BCUT2D eigenvalue weighted by molar-refractivity contribution is -0.0364. The maximum Gasteiger partial charge on any atom is 0.168 e. The molecule has 1 aliphatic rings. The summed E-state index contributed by atoms with van der Waals surface area (Å²) in [7, 11) is 0. The Balaban J connectivity index is 1.83. The predicted octanol–water partition coefficient (Wildman–Crippen LogP) is 1.86. The van der Waals surface area contributed by atoms with E-state index < -0.39 is 0 Å². The van der Waals surface area contributed by atoms with Crippen LogP contribution in [-0.2, 0) is 9.47 Å². The Hall–Kier alpha value is -0.820. The highest BCUT2D eigenvalue weighted by Gasteiger charge is 2.13. The maximum absolute atomic E-state index is 5.25. The average Bonchev–Trinajstić information content (AvgIpc) is 2.75. The first kappa shape index (κ1) is 8.76. The predicted molar refractivity (Wildman–Crippen MR) is 51.5 cm³/mol. The van der Waals surface area contributed by atoms with E-state index >= 15 is 0 Å². The van der Waals surface area contributed by atoms with Crippen molar-refractivity contribution in [3.05, 3.63) is 22.4 Å². The van der Waals surface area contributed by atoms with E-state index in [0.717, 1.165) is 4.88 Å². The van der Waals surface area contributed by atoms with Gasteiger partial charge in [-0.15, -0.1) is 11.3 Å². The first-order valence-electron chi connectivity index (χ1n) is 4.21. The molecule has 2 nitrogen and oxygen atoms in total. The molecule has 2 rings (SSSR count). The third kappa shape index (κ3) is 2.56. The lowest BCUT2D eigenvalue weighted by Crippen LogP contribution is -2.04. The Morgan fingerprint density at radius 2 is 2.31 bits per heavy atom. The molecule has 68 valence electrons. The topological polar surface area (TPSA) is 18.5 Å². The zero-order valence-corrected chi connectivity index (χ0v) is 7.97. The van der Waals surface area contributed by atoms with Gasteiger partial charge < -0.3 is 9.47 Å². The van der Waals surface area contributed by atoms with Crippen molar-refractivity contribution in [1.29, 1.82) is 0 Å². The van der Waals surface area contributed by atoms with Crippen LogP contribution in [-0.4, -0.2) is 19.5 Å². The normalized spacial score (nSPS) is 16.9. The Morgan fingerprint density at radius 1 is 1.46 bits per heavy atom. The summed E-state index contributed by atoms with van der Waals surface area (Å²) < 4.78 is 10.5. The molecule has 0 spiro atoms. The van der Waals surface area contributed by atoms with Gasteiger partial charge in [0.1, 0.15) is 0 Å². The van der Waals surface area contributed by atoms with Crippen molar-refractivity contribution in [3.8, 4) is 11.8 Å². The van der Waals surface area contributed by atoms with E-state index in [4.69, 9.17) is 9.47 Å². The minimum absolute atomic E-state index is 0.104. The molecule has 0 radical (unpaired) electrons. The van der Waals surface area contributed by atoms with Crippen LogP contribution < -0.4 is 0 Å². The summed E-state index contributed by atoms with van der Waals surface area (Å²) in [5.41, 5.74) is 0. The van der Waals surface area contributed by atoms with Gasteiger partial charge in [-0.05, 0) is 11.4 Å². The molecule has 1 fully saturated rings. The van der Waals surface area contributed by atoms with Gasteiger partial charge in [-0.3, -0.25) is 0 Å². The average molecular weight is 194 g/mol. The Morgan fingerprint density at radius 3 is 3.00 bits per heavy atom. The van der Waals surface area contributed by atoms with Crippen molar-refractivity contribution < 1.29 is 9.47 Å². The molecular formula is C10H10O2S. The standard InChI is InChI=1S/C10H10O2S/c1(3-9-4-2-8-13-9)5-10-11-6-7-12-10/h2,4,8,10H,5-7H2. The van der Waals surface area contributed by atoms with E-state index in [9.17, 15) is 0 Å². The van der Waals surface area contributed by atoms with Crippen LogP contribution in [0.1, 0.15) is 11.3 Å². The molecule has 0 aliphatic carbocycles. The van der Waals surface area contributed by atoms with Crippen LogP contribution in [0.5, 0.6) is 0 Å². The highest BCUT2D eigenvalue weighted by atomic mass is 32.1. The van der Waals surface area contributed by atoms with Gasteiger partial charge in [-0.1, -0.05) is 17.9 Å². The number of hydrogen-bond donors (Lipinski definition) is 0. The van der Waals surface area contributed by atoms with E-state index in [1.165, 1.54) is 0 Å². The van der Waals surface area contributed by atoms with E-state index in [1.54, 1.807) is 11.3 Å². The number of hydrogen-bond acceptors (Lipinski definition) is 3. The maximum atomic E-state index is 5.25. The van der Waals surface area contributed by atoms with Crippen molar-refractivity contribution >= 4 is 11.3 Å². The fourth-order valence-corrected chi connectivity index (χ4v) is 1.69. The number of rotatable bonds is 1. The second-order valence-electron chi connectivity index (χ2n) is 2.65. The van der Waals surface area contributed by atoms with Crippen molar-refractivity contribution in [2.24, 2.45) is 0 Å². The second kappa shape index (κ2) is 4.43. The minimum atomic E-state index is -0.104. The van der Waals surface area contributed by atoms with Crippen LogP contribution in [0.2, 0.25) is 0 Å². The molecule has 0 aromatic carbocycles. The van der Waals surface area contributed by atoms with E-state index in [-0.39, 0.29) is 6.29 Å². The molecule has 0 saturated carbocycles. The summed E-state index contributed by atoms with van der Waals surface area (Å²) in [5, 5.41) is 2.02. The van der Waals surface area contributed by atoms with Crippen molar-refractivity contribution in [2.45, 2.75) is 12.7 Å². The van der Waals surface area contributed by atoms with Gasteiger partial charge in [0, 0.05) is 0 Å². The minimum Gasteiger partial charge on any atom is -0.349 e. The Kier molecular flexibility index (Phi) is 2.98. The Labute approximate surface area is 81.5 Å². The first-order valence-corrected chi connectivity index (χ1v) is 5.09. The molecule has 0 atom stereocenters. The van der Waals surface area contributed by atoms with Gasteiger partial charge in [0.05, 0.1) is 24.5 Å². The summed E-state index contributed by atoms with van der Waals surface area (Å²) in [6.07, 6.45) is 0.560. The highest BCUT2D eigenvalue weighted by molar-refractivity contribution is 7.10. The zero-order chi connectivity index (χ0) is 8.93. The molecule has 1 aromatic rings. The van der Waals surface area contributed by atoms with Crippen LogP contribution in [0.3, 0.4) is 0 Å². The van der Waals surface area contributed by atoms with Gasteiger partial charge in [0.25, 0.3) is 0 Å². The van der Waals surface area contributed by atoms with Gasteiger partial charge in [-0.2, -0.15) is 0 Å². The van der Waals surface area contributed by atoms with Crippen LogP contribution in [0.25, 0.3) is 0 Å². The van der Waals surface area contributed by atoms with E-state index in [1.807, 2.05) is 17.5 Å². The quantitative estimate of drug-likeness (QED) is 0.635. The third-order valence-corrected chi connectivity index (χ3v) is 2.48. The largest absolute Gasteiger partial charge is 0.349 e. The van der Waals surface area contributed by atoms with Gasteiger partial charge in [0.2, 0.25) is 0 Å². The molecule has 0 unspecified atom stereocenters. The van der Waals surface area contributed by atoms with Crippen molar-refractivity contribution in [1.82, 2.24) is 0 Å². The monoisotopic (exact) mass is 194 g/mol. The lowest BCUT2D eigenvalue weighted by Gasteiger charge is -2.01. The van der Waals surface area contributed by atoms with Crippen LogP contribution in [0.15, 0.2) is 17.5 Å². The molecule has 3 heteroatoms. The first-order chi connectivity index (χ1) is 6.45. The molecule has 1 saturated heterocycles. The SMILES string of the molecule is C(#Cc1cccs1)CC1OCCO1. The smallest absolute Gasteiger partial charge is 0.168 e. The second-order valence-corrected chi connectivity index (χ2v) is 3.60. The molecule has 0 bridgehead atoms. The molecule has 0 amide bonds. The number of ether oxygens (including phenoxy) is 2. The fraction of sp³-hybridized carbons (Fsp3) is 0.400. The summed E-state index contributed by atoms with van der Waals surface area (Å²) in [4.78, 5) is 1.10.